The molecule has 2 aliphatic heterocycles. The van der Waals surface area contributed by atoms with Crippen molar-refractivity contribution in [2.45, 2.75) is 18.1 Å². The second kappa shape index (κ2) is 7.71. The van der Waals surface area contributed by atoms with E-state index in [1.54, 1.807) is 23.1 Å². The molecule has 0 aromatic heterocycles. The Morgan fingerprint density at radius 1 is 1.27 bits per heavy atom. The quantitative estimate of drug-likeness (QED) is 0.270. The molecule has 0 saturated carbocycles. The number of azide groups is 2. The molecule has 2 aliphatic rings. The molecule has 3 rings (SSSR count). The van der Waals surface area contributed by atoms with E-state index in [1.165, 1.54) is 0 Å². The van der Waals surface area contributed by atoms with Crippen molar-refractivity contribution in [2.75, 3.05) is 11.4 Å². The number of anilines is 1. The molecule has 1 aromatic rings. The van der Waals surface area contributed by atoms with Gasteiger partial charge in [-0.1, -0.05) is 34.0 Å². The van der Waals surface area contributed by atoms with Crippen LogP contribution < -0.4 is 15.5 Å². The lowest BCUT2D eigenvalue weighted by Crippen LogP contribution is -2.57. The predicted octanol–water partition coefficient (Wildman–Crippen LogP) is 3.01. The molecule has 1 aromatic carbocycles. The average molecular weight is 372 g/mol. The smallest absolute Gasteiger partial charge is 0.247 e. The fourth-order valence-corrected chi connectivity index (χ4v) is 2.99. The fraction of sp³-hybridized carbons (Fsp3) is 0.267. The normalized spacial score (nSPS) is 21.1. The summed E-state index contributed by atoms with van der Waals surface area (Å²) < 4.78 is 0. The molecule has 132 valence electrons. The lowest BCUT2D eigenvalue weighted by molar-refractivity contribution is -0.121. The van der Waals surface area contributed by atoms with E-state index in [0.29, 0.717) is 17.2 Å². The molecule has 26 heavy (non-hydrogen) atoms. The van der Waals surface area contributed by atoms with E-state index in [9.17, 15) is 4.79 Å². The summed E-state index contributed by atoms with van der Waals surface area (Å²) in [5.74, 6) is 0.308. The van der Waals surface area contributed by atoms with Crippen LogP contribution >= 0.6 is 11.6 Å². The van der Waals surface area contributed by atoms with Crippen molar-refractivity contribution in [3.8, 4) is 0 Å². The number of rotatable bonds is 5. The molecule has 0 bridgehead atoms. The van der Waals surface area contributed by atoms with Gasteiger partial charge in [-0.15, -0.1) is 0 Å². The van der Waals surface area contributed by atoms with Crippen LogP contribution in [0.15, 0.2) is 58.2 Å². The summed E-state index contributed by atoms with van der Waals surface area (Å²) in [6.07, 6.45) is 3.44. The SMILES string of the molecule is [N-]=[N+]=NCc1cccc(N2C3=C(C=CC(Cl)N3)NC(=O)C2CN=[N+]=[N-])c1. The number of dihydropyridines is 1. The summed E-state index contributed by atoms with van der Waals surface area (Å²) in [6, 6.07) is 6.49. The molecule has 0 aliphatic carbocycles. The summed E-state index contributed by atoms with van der Waals surface area (Å²) in [7, 11) is 0. The minimum Gasteiger partial charge on any atom is -0.350 e. The highest BCUT2D eigenvalue weighted by atomic mass is 35.5. The number of carbonyl (C=O) groups is 1. The summed E-state index contributed by atoms with van der Waals surface area (Å²) in [5, 5.41) is 13.0. The van der Waals surface area contributed by atoms with Crippen molar-refractivity contribution in [2.24, 2.45) is 10.2 Å². The minimum absolute atomic E-state index is 0.0575. The van der Waals surface area contributed by atoms with Gasteiger partial charge in [0.15, 0.2) is 0 Å². The molecule has 10 nitrogen and oxygen atoms in total. The number of benzene rings is 1. The van der Waals surface area contributed by atoms with Gasteiger partial charge in [-0.2, -0.15) is 0 Å². The van der Waals surface area contributed by atoms with E-state index in [1.807, 2.05) is 18.2 Å². The third-order valence-corrected chi connectivity index (χ3v) is 4.15. The number of hydrogen-bond donors (Lipinski definition) is 2. The van der Waals surface area contributed by atoms with Crippen LogP contribution in [0.4, 0.5) is 5.69 Å². The monoisotopic (exact) mass is 371 g/mol. The molecule has 2 heterocycles. The maximum atomic E-state index is 12.5. The fourth-order valence-electron chi connectivity index (χ4n) is 2.81. The summed E-state index contributed by atoms with van der Waals surface area (Å²) in [6.45, 7) is 0.126. The van der Waals surface area contributed by atoms with E-state index in [0.717, 1.165) is 5.56 Å². The highest BCUT2D eigenvalue weighted by Crippen LogP contribution is 2.29. The van der Waals surface area contributed by atoms with Crippen LogP contribution in [0.2, 0.25) is 0 Å². The zero-order valence-electron chi connectivity index (χ0n) is 13.4. The number of halogens is 1. The van der Waals surface area contributed by atoms with Crippen molar-refractivity contribution in [1.29, 1.82) is 0 Å². The molecule has 2 unspecified atom stereocenters. The lowest BCUT2D eigenvalue weighted by atomic mass is 10.1. The van der Waals surface area contributed by atoms with E-state index in [4.69, 9.17) is 22.7 Å². The van der Waals surface area contributed by atoms with Gasteiger partial charge in [-0.05, 0) is 40.9 Å². The van der Waals surface area contributed by atoms with E-state index < -0.39 is 11.5 Å². The van der Waals surface area contributed by atoms with Gasteiger partial charge in [0.2, 0.25) is 5.91 Å². The summed E-state index contributed by atoms with van der Waals surface area (Å²) >= 11 is 6.17. The molecular formula is C15H14ClN9O. The largest absolute Gasteiger partial charge is 0.350 e. The average Bonchev–Trinajstić information content (AvgIpc) is 2.65. The Kier molecular flexibility index (Phi) is 5.19. The van der Waals surface area contributed by atoms with E-state index in [-0.39, 0.29) is 19.0 Å². The zero-order chi connectivity index (χ0) is 18.5. The Labute approximate surface area is 153 Å². The number of nitrogens with zero attached hydrogens (tertiary/aromatic N) is 7. The third kappa shape index (κ3) is 3.52. The van der Waals surface area contributed by atoms with Gasteiger partial charge < -0.3 is 15.5 Å². The number of alkyl halides is 1. The molecule has 1 amide bonds. The molecule has 0 radical (unpaired) electrons. The Morgan fingerprint density at radius 3 is 2.85 bits per heavy atom. The molecule has 2 atom stereocenters. The standard InChI is InChI=1S/C15H14ClN9O/c16-13-5-4-11-14(22-13)25(12(8-20-24-18)15(26)21-11)10-3-1-2-9(6-10)7-19-23-17/h1-6,12-13,22H,7-8H2,(H,21,26). The number of carbonyl (C=O) groups excluding carboxylic acids is 1. The van der Waals surface area contributed by atoms with Crippen molar-refractivity contribution in [3.63, 3.8) is 0 Å². The van der Waals surface area contributed by atoms with Crippen LogP contribution in [-0.4, -0.2) is 24.0 Å². The van der Waals surface area contributed by atoms with Gasteiger partial charge in [-0.25, -0.2) is 0 Å². The van der Waals surface area contributed by atoms with Crippen LogP contribution in [0, 0.1) is 0 Å². The Morgan fingerprint density at radius 2 is 2.08 bits per heavy atom. The van der Waals surface area contributed by atoms with Crippen molar-refractivity contribution >= 4 is 23.2 Å². The van der Waals surface area contributed by atoms with Gasteiger partial charge in [0.25, 0.3) is 0 Å². The molecule has 0 fully saturated rings. The number of allylic oxidation sites excluding steroid dienone is 1. The van der Waals surface area contributed by atoms with Gasteiger partial charge in [0, 0.05) is 15.5 Å². The van der Waals surface area contributed by atoms with Crippen LogP contribution in [0.5, 0.6) is 0 Å². The van der Waals surface area contributed by atoms with Gasteiger partial charge in [0.1, 0.15) is 17.4 Å². The van der Waals surface area contributed by atoms with Crippen molar-refractivity contribution in [3.05, 3.63) is 74.4 Å². The predicted molar refractivity (Wildman–Crippen MR) is 96.7 cm³/mol. The van der Waals surface area contributed by atoms with Crippen LogP contribution in [-0.2, 0) is 11.3 Å². The Hall–Kier alpha value is -3.32. The molecular weight excluding hydrogens is 358 g/mol. The van der Waals surface area contributed by atoms with E-state index in [2.05, 4.69) is 30.7 Å². The van der Waals surface area contributed by atoms with Crippen LogP contribution in [0.1, 0.15) is 5.56 Å². The second-order valence-electron chi connectivity index (χ2n) is 5.51. The summed E-state index contributed by atoms with van der Waals surface area (Å²) in [4.78, 5) is 19.8. The number of hydrogen-bond acceptors (Lipinski definition) is 5. The second-order valence-corrected chi connectivity index (χ2v) is 5.99. The first-order valence-electron chi connectivity index (χ1n) is 7.68. The zero-order valence-corrected chi connectivity index (χ0v) is 14.2. The Bertz CT molecular complexity index is 883. The van der Waals surface area contributed by atoms with Gasteiger partial charge >= 0.3 is 0 Å². The van der Waals surface area contributed by atoms with Crippen LogP contribution in [0.25, 0.3) is 20.9 Å². The summed E-state index contributed by atoms with van der Waals surface area (Å²) in [5.41, 5.74) is 18.8. The first-order valence-corrected chi connectivity index (χ1v) is 8.11. The lowest BCUT2D eigenvalue weighted by Gasteiger charge is -2.41. The molecule has 0 saturated heterocycles. The van der Waals surface area contributed by atoms with E-state index >= 15 is 0 Å². The highest BCUT2D eigenvalue weighted by Gasteiger charge is 2.36. The molecule has 11 heteroatoms. The van der Waals surface area contributed by atoms with Gasteiger partial charge in [0.05, 0.1) is 18.8 Å². The van der Waals surface area contributed by atoms with Gasteiger partial charge in [-0.3, -0.25) is 4.79 Å². The number of nitrogens with one attached hydrogen (secondary N) is 2. The van der Waals surface area contributed by atoms with Crippen molar-refractivity contribution < 1.29 is 4.79 Å². The topological polar surface area (TPSA) is 142 Å². The van der Waals surface area contributed by atoms with Crippen molar-refractivity contribution in [1.82, 2.24) is 10.6 Å². The highest BCUT2D eigenvalue weighted by molar-refractivity contribution is 6.21. The third-order valence-electron chi connectivity index (χ3n) is 3.90. The maximum absolute atomic E-state index is 12.5. The number of amides is 1. The molecule has 2 N–H and O–H groups in total. The first-order chi connectivity index (χ1) is 12.6. The minimum atomic E-state index is -0.748. The van der Waals surface area contributed by atoms with Crippen LogP contribution in [0.3, 0.4) is 0 Å². The maximum Gasteiger partial charge on any atom is 0.247 e. The first kappa shape index (κ1) is 17.5. The Balaban J connectivity index is 2.07. The molecule has 0 spiro atoms.